The zero-order valence-electron chi connectivity index (χ0n) is 9.73. The lowest BCUT2D eigenvalue weighted by atomic mass is 10.4. The lowest BCUT2D eigenvalue weighted by Crippen LogP contribution is -2.38. The molecule has 1 aromatic rings. The molecule has 0 unspecified atom stereocenters. The van der Waals surface area contributed by atoms with Crippen LogP contribution in [-0.4, -0.2) is 35.9 Å². The van der Waals surface area contributed by atoms with Gasteiger partial charge in [-0.1, -0.05) is 0 Å². The van der Waals surface area contributed by atoms with Gasteiger partial charge in [-0.15, -0.1) is 0 Å². The summed E-state index contributed by atoms with van der Waals surface area (Å²) in [5.74, 6) is 1.09. The molecule has 1 aromatic heterocycles. The van der Waals surface area contributed by atoms with Gasteiger partial charge in [0.25, 0.3) is 0 Å². The highest BCUT2D eigenvalue weighted by Crippen LogP contribution is 2.20. The van der Waals surface area contributed by atoms with Crippen molar-refractivity contribution in [2.45, 2.75) is 26.8 Å². The smallest absolute Gasteiger partial charge is 0.206 e. The van der Waals surface area contributed by atoms with Crippen LogP contribution in [0.25, 0.3) is 0 Å². The maximum atomic E-state index is 5.35. The summed E-state index contributed by atoms with van der Waals surface area (Å²) in [6.07, 6.45) is 2.12. The molecular weight excluding hydrogens is 190 g/mol. The molecule has 0 bridgehead atoms. The summed E-state index contributed by atoms with van der Waals surface area (Å²) in [5, 5.41) is 0. The topological polar surface area (TPSA) is 30.3 Å². The SMILES string of the molecule is Cc1cn(C(C)C)c(N2CCOCC2)n1. The summed E-state index contributed by atoms with van der Waals surface area (Å²) in [5.41, 5.74) is 1.09. The standard InChI is InChI=1S/C11H19N3O/c1-9(2)14-8-10(3)12-11(14)13-4-6-15-7-5-13/h8-9H,4-7H2,1-3H3. The molecule has 0 N–H and O–H groups in total. The molecule has 1 aliphatic heterocycles. The van der Waals surface area contributed by atoms with E-state index in [9.17, 15) is 0 Å². The van der Waals surface area contributed by atoms with Crippen LogP contribution in [0.4, 0.5) is 5.95 Å². The Morgan fingerprint density at radius 3 is 2.60 bits per heavy atom. The highest BCUT2D eigenvalue weighted by Gasteiger charge is 2.18. The normalized spacial score (nSPS) is 17.5. The van der Waals surface area contributed by atoms with Crippen LogP contribution in [0.5, 0.6) is 0 Å². The zero-order valence-corrected chi connectivity index (χ0v) is 9.73. The molecule has 1 saturated heterocycles. The Morgan fingerprint density at radius 2 is 2.00 bits per heavy atom. The summed E-state index contributed by atoms with van der Waals surface area (Å²) in [6, 6.07) is 0.462. The Hall–Kier alpha value is -1.03. The Labute approximate surface area is 90.9 Å². The Kier molecular flexibility index (Phi) is 2.95. The van der Waals surface area contributed by atoms with Crippen molar-refractivity contribution in [3.63, 3.8) is 0 Å². The number of morpholine rings is 1. The summed E-state index contributed by atoms with van der Waals surface area (Å²) in [7, 11) is 0. The van der Waals surface area contributed by atoms with E-state index in [-0.39, 0.29) is 0 Å². The van der Waals surface area contributed by atoms with Crippen LogP contribution in [0.2, 0.25) is 0 Å². The minimum absolute atomic E-state index is 0.462. The highest BCUT2D eigenvalue weighted by atomic mass is 16.5. The average molecular weight is 209 g/mol. The third-order valence-electron chi connectivity index (χ3n) is 2.68. The van der Waals surface area contributed by atoms with E-state index in [1.54, 1.807) is 0 Å². The maximum absolute atomic E-state index is 5.35. The summed E-state index contributed by atoms with van der Waals surface area (Å²) >= 11 is 0. The first-order chi connectivity index (χ1) is 7.18. The number of rotatable bonds is 2. The first-order valence-electron chi connectivity index (χ1n) is 5.56. The van der Waals surface area contributed by atoms with Crippen molar-refractivity contribution < 1.29 is 4.74 Å². The van der Waals surface area contributed by atoms with Crippen LogP contribution in [0.1, 0.15) is 25.6 Å². The van der Waals surface area contributed by atoms with E-state index < -0.39 is 0 Å². The van der Waals surface area contributed by atoms with Gasteiger partial charge < -0.3 is 14.2 Å². The molecular formula is C11H19N3O. The van der Waals surface area contributed by atoms with E-state index in [1.165, 1.54) is 0 Å². The number of ether oxygens (including phenoxy) is 1. The first kappa shape index (κ1) is 10.5. The molecule has 2 heterocycles. The van der Waals surface area contributed by atoms with E-state index in [4.69, 9.17) is 4.74 Å². The fraction of sp³-hybridized carbons (Fsp3) is 0.727. The quantitative estimate of drug-likeness (QED) is 0.741. The van der Waals surface area contributed by atoms with Gasteiger partial charge in [-0.05, 0) is 20.8 Å². The molecule has 4 heteroatoms. The van der Waals surface area contributed by atoms with Crippen molar-refractivity contribution in [1.29, 1.82) is 0 Å². The molecule has 0 radical (unpaired) electrons. The van der Waals surface area contributed by atoms with E-state index in [0.717, 1.165) is 37.9 Å². The van der Waals surface area contributed by atoms with Gasteiger partial charge >= 0.3 is 0 Å². The number of hydrogen-bond acceptors (Lipinski definition) is 3. The second-order valence-electron chi connectivity index (χ2n) is 4.28. The van der Waals surface area contributed by atoms with E-state index in [1.807, 2.05) is 6.92 Å². The molecule has 4 nitrogen and oxygen atoms in total. The minimum atomic E-state index is 0.462. The lowest BCUT2D eigenvalue weighted by molar-refractivity contribution is 0.121. The average Bonchev–Trinajstić information content (AvgIpc) is 2.62. The van der Waals surface area contributed by atoms with Crippen molar-refractivity contribution in [3.05, 3.63) is 11.9 Å². The molecule has 1 fully saturated rings. The van der Waals surface area contributed by atoms with Gasteiger partial charge in [-0.3, -0.25) is 0 Å². The van der Waals surface area contributed by atoms with Crippen LogP contribution in [0, 0.1) is 6.92 Å². The number of nitrogens with zero attached hydrogens (tertiary/aromatic N) is 3. The van der Waals surface area contributed by atoms with Crippen molar-refractivity contribution in [2.24, 2.45) is 0 Å². The van der Waals surface area contributed by atoms with Gasteiger partial charge in [-0.2, -0.15) is 0 Å². The Balaban J connectivity index is 2.25. The lowest BCUT2D eigenvalue weighted by Gasteiger charge is -2.29. The summed E-state index contributed by atoms with van der Waals surface area (Å²) in [6.45, 7) is 9.93. The Bertz CT molecular complexity index is 327. The van der Waals surface area contributed by atoms with E-state index in [0.29, 0.717) is 6.04 Å². The summed E-state index contributed by atoms with van der Waals surface area (Å²) in [4.78, 5) is 6.89. The van der Waals surface area contributed by atoms with Crippen LogP contribution >= 0.6 is 0 Å². The number of anilines is 1. The predicted molar refractivity (Wildman–Crippen MR) is 60.4 cm³/mol. The molecule has 1 aliphatic rings. The van der Waals surface area contributed by atoms with Gasteiger partial charge in [-0.25, -0.2) is 4.98 Å². The van der Waals surface area contributed by atoms with Gasteiger partial charge in [0.05, 0.1) is 18.9 Å². The van der Waals surface area contributed by atoms with Crippen LogP contribution in [0.3, 0.4) is 0 Å². The number of imidazole rings is 1. The molecule has 0 aromatic carbocycles. The number of hydrogen-bond donors (Lipinski definition) is 0. The number of aryl methyl sites for hydroxylation is 1. The van der Waals surface area contributed by atoms with Crippen molar-refractivity contribution in [2.75, 3.05) is 31.2 Å². The molecule has 84 valence electrons. The molecule has 0 amide bonds. The molecule has 0 atom stereocenters. The fourth-order valence-corrected chi connectivity index (χ4v) is 1.88. The number of aromatic nitrogens is 2. The first-order valence-corrected chi connectivity index (χ1v) is 5.56. The van der Waals surface area contributed by atoms with Crippen molar-refractivity contribution in [3.8, 4) is 0 Å². The predicted octanol–water partition coefficient (Wildman–Crippen LogP) is 1.61. The molecule has 0 saturated carbocycles. The van der Waals surface area contributed by atoms with Gasteiger partial charge in [0.2, 0.25) is 5.95 Å². The highest BCUT2D eigenvalue weighted by molar-refractivity contribution is 5.34. The zero-order chi connectivity index (χ0) is 10.8. The van der Waals surface area contributed by atoms with Gasteiger partial charge in [0.15, 0.2) is 0 Å². The third-order valence-corrected chi connectivity index (χ3v) is 2.68. The minimum Gasteiger partial charge on any atom is -0.378 e. The van der Waals surface area contributed by atoms with E-state index in [2.05, 4.69) is 34.5 Å². The van der Waals surface area contributed by atoms with E-state index >= 15 is 0 Å². The monoisotopic (exact) mass is 209 g/mol. The summed E-state index contributed by atoms with van der Waals surface area (Å²) < 4.78 is 7.59. The maximum Gasteiger partial charge on any atom is 0.206 e. The van der Waals surface area contributed by atoms with Crippen molar-refractivity contribution in [1.82, 2.24) is 9.55 Å². The fourth-order valence-electron chi connectivity index (χ4n) is 1.88. The second-order valence-corrected chi connectivity index (χ2v) is 4.28. The molecule has 15 heavy (non-hydrogen) atoms. The molecule has 0 spiro atoms. The molecule has 2 rings (SSSR count). The van der Waals surface area contributed by atoms with Crippen LogP contribution in [-0.2, 0) is 4.74 Å². The van der Waals surface area contributed by atoms with Crippen LogP contribution < -0.4 is 4.90 Å². The van der Waals surface area contributed by atoms with Gasteiger partial charge in [0.1, 0.15) is 0 Å². The third kappa shape index (κ3) is 2.15. The molecule has 0 aliphatic carbocycles. The Morgan fingerprint density at radius 1 is 1.33 bits per heavy atom. The van der Waals surface area contributed by atoms with Gasteiger partial charge in [0, 0.05) is 25.3 Å². The van der Waals surface area contributed by atoms with Crippen molar-refractivity contribution >= 4 is 5.95 Å². The second kappa shape index (κ2) is 4.23. The van der Waals surface area contributed by atoms with Crippen LogP contribution in [0.15, 0.2) is 6.20 Å². The largest absolute Gasteiger partial charge is 0.378 e.